The predicted molar refractivity (Wildman–Crippen MR) is 102 cm³/mol. The molecule has 1 atom stereocenters. The molecule has 3 rings (SSSR count). The number of hydrogen-bond donors (Lipinski definition) is 0. The fourth-order valence-corrected chi connectivity index (χ4v) is 4.06. The van der Waals surface area contributed by atoms with Crippen LogP contribution in [0.2, 0.25) is 0 Å². The standard InChI is InChI=1S/C21H27FN2O4/c1-3-27-20(26)21(8-10-24(11-9-21)14-15(2)25)13-16-12-19(23-28-16)17-6-4-5-7-18(17)22/h4-7,16H,3,8-14H2,1-2H3/t16-/m0/s1. The summed E-state index contributed by atoms with van der Waals surface area (Å²) in [6.07, 6.45) is 1.85. The lowest BCUT2D eigenvalue weighted by atomic mass is 9.73. The molecule has 2 heterocycles. The van der Waals surface area contributed by atoms with Crippen molar-refractivity contribution in [1.29, 1.82) is 0 Å². The van der Waals surface area contributed by atoms with Gasteiger partial charge < -0.3 is 9.57 Å². The zero-order valence-electron chi connectivity index (χ0n) is 16.4. The molecule has 2 aliphatic rings. The average Bonchev–Trinajstić information content (AvgIpc) is 3.11. The minimum atomic E-state index is -0.659. The van der Waals surface area contributed by atoms with Crippen LogP contribution in [0.1, 0.15) is 45.1 Å². The molecule has 0 amide bonds. The van der Waals surface area contributed by atoms with Crippen molar-refractivity contribution in [3.8, 4) is 0 Å². The number of ether oxygens (including phenoxy) is 1. The van der Waals surface area contributed by atoms with Crippen molar-refractivity contribution in [2.24, 2.45) is 10.6 Å². The van der Waals surface area contributed by atoms with Crippen LogP contribution in [0, 0.1) is 11.2 Å². The fraction of sp³-hybridized carbons (Fsp3) is 0.571. The number of oxime groups is 1. The Bertz CT molecular complexity index is 757. The molecule has 6 nitrogen and oxygen atoms in total. The molecule has 0 saturated carbocycles. The molecule has 0 aromatic heterocycles. The quantitative estimate of drug-likeness (QED) is 0.670. The molecule has 0 aliphatic carbocycles. The van der Waals surface area contributed by atoms with Crippen molar-refractivity contribution < 1.29 is 23.6 Å². The molecule has 2 aliphatic heterocycles. The van der Waals surface area contributed by atoms with Crippen molar-refractivity contribution in [3.05, 3.63) is 35.6 Å². The monoisotopic (exact) mass is 390 g/mol. The molecule has 0 radical (unpaired) electrons. The van der Waals surface area contributed by atoms with E-state index in [1.54, 1.807) is 32.0 Å². The van der Waals surface area contributed by atoms with Crippen molar-refractivity contribution in [1.82, 2.24) is 4.90 Å². The molecule has 152 valence electrons. The van der Waals surface area contributed by atoms with Crippen LogP contribution in [0.25, 0.3) is 0 Å². The lowest BCUT2D eigenvalue weighted by Crippen LogP contribution is -2.47. The Balaban J connectivity index is 1.67. The second-order valence-corrected chi connectivity index (χ2v) is 7.63. The topological polar surface area (TPSA) is 68.2 Å². The van der Waals surface area contributed by atoms with Crippen LogP contribution in [0.15, 0.2) is 29.4 Å². The first-order valence-corrected chi connectivity index (χ1v) is 9.80. The summed E-state index contributed by atoms with van der Waals surface area (Å²) >= 11 is 0. The van der Waals surface area contributed by atoms with Gasteiger partial charge in [0.05, 0.1) is 24.3 Å². The van der Waals surface area contributed by atoms with Gasteiger partial charge in [0.25, 0.3) is 0 Å². The Morgan fingerprint density at radius 3 is 2.68 bits per heavy atom. The van der Waals surface area contributed by atoms with Gasteiger partial charge in [0.15, 0.2) is 0 Å². The number of rotatable bonds is 7. The number of piperidine rings is 1. The van der Waals surface area contributed by atoms with Crippen LogP contribution in [0.5, 0.6) is 0 Å². The van der Waals surface area contributed by atoms with Gasteiger partial charge in [-0.05, 0) is 45.8 Å². The third-order valence-corrected chi connectivity index (χ3v) is 5.50. The summed E-state index contributed by atoms with van der Waals surface area (Å²) in [4.78, 5) is 31.8. The highest BCUT2D eigenvalue weighted by Crippen LogP contribution is 2.40. The van der Waals surface area contributed by atoms with Gasteiger partial charge in [-0.1, -0.05) is 23.4 Å². The maximum atomic E-state index is 14.0. The van der Waals surface area contributed by atoms with E-state index in [4.69, 9.17) is 9.57 Å². The van der Waals surface area contributed by atoms with E-state index in [9.17, 15) is 14.0 Å². The molecule has 0 spiro atoms. The first-order chi connectivity index (χ1) is 13.4. The summed E-state index contributed by atoms with van der Waals surface area (Å²) in [5.41, 5.74) is 0.344. The number of ketones is 1. The minimum Gasteiger partial charge on any atom is -0.466 e. The summed E-state index contributed by atoms with van der Waals surface area (Å²) in [6, 6.07) is 6.48. The molecule has 1 saturated heterocycles. The van der Waals surface area contributed by atoms with Gasteiger partial charge in [0, 0.05) is 18.4 Å². The number of halogens is 1. The zero-order chi connectivity index (χ0) is 20.1. The SMILES string of the molecule is CCOC(=O)C1(C[C@@H]2CC(c3ccccc3F)=NO2)CCN(CC(C)=O)CC1. The van der Waals surface area contributed by atoms with Crippen LogP contribution in [0.4, 0.5) is 4.39 Å². The largest absolute Gasteiger partial charge is 0.466 e. The van der Waals surface area contributed by atoms with Gasteiger partial charge in [-0.2, -0.15) is 0 Å². The Kier molecular flexibility index (Phi) is 6.44. The Labute approximate surface area is 164 Å². The molecule has 1 aromatic carbocycles. The smallest absolute Gasteiger partial charge is 0.312 e. The molecular weight excluding hydrogens is 363 g/mol. The van der Waals surface area contributed by atoms with E-state index < -0.39 is 5.41 Å². The molecular formula is C21H27FN2O4. The normalized spacial score (nSPS) is 21.7. The lowest BCUT2D eigenvalue weighted by molar-refractivity contribution is -0.161. The molecule has 28 heavy (non-hydrogen) atoms. The third-order valence-electron chi connectivity index (χ3n) is 5.50. The van der Waals surface area contributed by atoms with E-state index in [-0.39, 0.29) is 23.7 Å². The van der Waals surface area contributed by atoms with Gasteiger partial charge >= 0.3 is 5.97 Å². The zero-order valence-corrected chi connectivity index (χ0v) is 16.4. The number of esters is 1. The molecule has 0 unspecified atom stereocenters. The summed E-state index contributed by atoms with van der Waals surface area (Å²) in [5, 5.41) is 4.07. The highest BCUT2D eigenvalue weighted by molar-refractivity contribution is 6.01. The number of benzene rings is 1. The lowest BCUT2D eigenvalue weighted by Gasteiger charge is -2.40. The number of likely N-dealkylation sites (tertiary alicyclic amines) is 1. The number of carbonyl (C=O) groups excluding carboxylic acids is 2. The van der Waals surface area contributed by atoms with Crippen molar-refractivity contribution in [2.75, 3.05) is 26.2 Å². The van der Waals surface area contributed by atoms with E-state index in [0.717, 1.165) is 0 Å². The average molecular weight is 390 g/mol. The number of nitrogens with zero attached hydrogens (tertiary/aromatic N) is 2. The van der Waals surface area contributed by atoms with Crippen LogP contribution in [-0.4, -0.2) is 54.7 Å². The van der Waals surface area contributed by atoms with Crippen LogP contribution >= 0.6 is 0 Å². The molecule has 7 heteroatoms. The van der Waals surface area contributed by atoms with Crippen molar-refractivity contribution in [2.45, 2.75) is 45.6 Å². The van der Waals surface area contributed by atoms with Crippen LogP contribution in [0.3, 0.4) is 0 Å². The maximum absolute atomic E-state index is 14.0. The van der Waals surface area contributed by atoms with Gasteiger partial charge in [0.2, 0.25) is 0 Å². The summed E-state index contributed by atoms with van der Waals surface area (Å²) in [7, 11) is 0. The van der Waals surface area contributed by atoms with Crippen LogP contribution in [-0.2, 0) is 19.2 Å². The summed E-state index contributed by atoms with van der Waals surface area (Å²) < 4.78 is 19.4. The van der Waals surface area contributed by atoms with Gasteiger partial charge in [0.1, 0.15) is 17.7 Å². The van der Waals surface area contributed by atoms with Gasteiger partial charge in [-0.3, -0.25) is 14.5 Å². The Morgan fingerprint density at radius 1 is 1.32 bits per heavy atom. The second kappa shape index (κ2) is 8.82. The number of carbonyl (C=O) groups is 2. The highest BCUT2D eigenvalue weighted by Gasteiger charge is 2.46. The highest BCUT2D eigenvalue weighted by atomic mass is 19.1. The molecule has 0 N–H and O–H groups in total. The second-order valence-electron chi connectivity index (χ2n) is 7.63. The van der Waals surface area contributed by atoms with E-state index in [1.807, 2.05) is 0 Å². The first-order valence-electron chi connectivity index (χ1n) is 9.80. The molecule has 1 aromatic rings. The summed E-state index contributed by atoms with van der Waals surface area (Å²) in [5.74, 6) is -0.436. The minimum absolute atomic E-state index is 0.116. The van der Waals surface area contributed by atoms with Gasteiger partial charge in [-0.15, -0.1) is 0 Å². The number of Topliss-reactive ketones (excluding diaryl/α,β-unsaturated/α-hetero) is 1. The number of hydrogen-bond acceptors (Lipinski definition) is 6. The van der Waals surface area contributed by atoms with E-state index in [1.165, 1.54) is 6.07 Å². The van der Waals surface area contributed by atoms with Crippen molar-refractivity contribution >= 4 is 17.5 Å². The van der Waals surface area contributed by atoms with E-state index in [2.05, 4.69) is 10.1 Å². The molecule has 1 fully saturated rings. The van der Waals surface area contributed by atoms with E-state index in [0.29, 0.717) is 63.2 Å². The summed E-state index contributed by atoms with van der Waals surface area (Å²) in [6.45, 7) is 5.40. The first kappa shape index (κ1) is 20.5. The van der Waals surface area contributed by atoms with Gasteiger partial charge in [-0.25, -0.2) is 4.39 Å². The Morgan fingerprint density at radius 2 is 2.04 bits per heavy atom. The van der Waals surface area contributed by atoms with E-state index >= 15 is 0 Å². The van der Waals surface area contributed by atoms with Crippen LogP contribution < -0.4 is 0 Å². The van der Waals surface area contributed by atoms with Crippen molar-refractivity contribution in [3.63, 3.8) is 0 Å². The molecule has 0 bridgehead atoms. The Hall–Kier alpha value is -2.28. The fourth-order valence-electron chi connectivity index (χ4n) is 4.06. The maximum Gasteiger partial charge on any atom is 0.312 e. The predicted octanol–water partition coefficient (Wildman–Crippen LogP) is 2.94. The third kappa shape index (κ3) is 4.58.